The zero-order chi connectivity index (χ0) is 18.2. The average Bonchev–Trinajstić information content (AvgIpc) is 2.38. The molecule has 1 rings (SSSR count). The van der Waals surface area contributed by atoms with Crippen molar-refractivity contribution < 1.29 is 33.3 Å². The second kappa shape index (κ2) is 7.03. The molecule has 1 atom stereocenters. The summed E-state index contributed by atoms with van der Waals surface area (Å²) in [5.41, 5.74) is -1.63. The lowest BCUT2D eigenvalue weighted by atomic mass is 9.85. The molecule has 0 radical (unpaired) electrons. The first-order valence-electron chi connectivity index (χ1n) is 6.28. The minimum Gasteiger partial charge on any atom is -0.506 e. The van der Waals surface area contributed by atoms with E-state index in [1.807, 2.05) is 22.6 Å². The molecule has 0 amide bonds. The summed E-state index contributed by atoms with van der Waals surface area (Å²) in [6.07, 6.45) is -2.20. The molecule has 1 aromatic rings. The molecule has 0 heterocycles. The first-order valence-corrected chi connectivity index (χ1v) is 8.44. The van der Waals surface area contributed by atoms with Crippen LogP contribution in [-0.4, -0.2) is 34.2 Å². The summed E-state index contributed by atoms with van der Waals surface area (Å²) in [5, 5.41) is 18.6. The van der Waals surface area contributed by atoms with Crippen LogP contribution in [0.2, 0.25) is 0 Å². The lowest BCUT2D eigenvalue weighted by Gasteiger charge is -2.33. The van der Waals surface area contributed by atoms with Gasteiger partial charge in [-0.05, 0) is 57.3 Å². The molecular formula is C14H14F2I2O5. The normalized spacial score (nSPS) is 13.5. The Hall–Kier alpha value is -0.720. The number of aliphatic carboxylic acids is 1. The van der Waals surface area contributed by atoms with E-state index in [1.54, 1.807) is 28.7 Å². The monoisotopic (exact) mass is 554 g/mol. The van der Waals surface area contributed by atoms with Crippen LogP contribution >= 0.6 is 45.2 Å². The van der Waals surface area contributed by atoms with Gasteiger partial charge in [0.25, 0.3) is 0 Å². The van der Waals surface area contributed by atoms with Gasteiger partial charge in [0.15, 0.2) is 6.10 Å². The van der Waals surface area contributed by atoms with E-state index in [9.17, 15) is 23.5 Å². The number of esters is 1. The molecule has 9 heteroatoms. The Morgan fingerprint density at radius 3 is 2.17 bits per heavy atom. The van der Waals surface area contributed by atoms with Crippen molar-refractivity contribution in [2.75, 3.05) is 0 Å². The fourth-order valence-corrected chi connectivity index (χ4v) is 3.64. The lowest BCUT2D eigenvalue weighted by molar-refractivity contribution is -0.194. The lowest BCUT2D eigenvalue weighted by Crippen LogP contribution is -2.51. The molecular weight excluding hydrogens is 540 g/mol. The largest absolute Gasteiger partial charge is 0.506 e. The molecule has 128 valence electrons. The van der Waals surface area contributed by atoms with Gasteiger partial charge in [0.2, 0.25) is 0 Å². The van der Waals surface area contributed by atoms with Crippen LogP contribution < -0.4 is 0 Å². The van der Waals surface area contributed by atoms with Gasteiger partial charge >= 0.3 is 17.9 Å². The number of carboxylic acid groups (broad SMARTS) is 1. The fraction of sp³-hybridized carbons (Fsp3) is 0.429. The molecule has 0 bridgehead atoms. The molecule has 1 unspecified atom stereocenters. The predicted octanol–water partition coefficient (Wildman–Crippen LogP) is 3.89. The van der Waals surface area contributed by atoms with Crippen molar-refractivity contribution in [3.63, 3.8) is 0 Å². The Kier molecular flexibility index (Phi) is 6.21. The molecule has 5 nitrogen and oxygen atoms in total. The number of carbonyl (C=O) groups is 2. The summed E-state index contributed by atoms with van der Waals surface area (Å²) in [6, 6.07) is 2.86. The van der Waals surface area contributed by atoms with Crippen LogP contribution in [0.4, 0.5) is 8.78 Å². The Bertz CT molecular complexity index is 641. The van der Waals surface area contributed by atoms with Gasteiger partial charge in [-0.15, -0.1) is 0 Å². The number of carboxylic acids is 1. The van der Waals surface area contributed by atoms with Crippen molar-refractivity contribution in [1.82, 2.24) is 0 Å². The van der Waals surface area contributed by atoms with Crippen molar-refractivity contribution in [2.24, 2.45) is 5.41 Å². The molecule has 23 heavy (non-hydrogen) atoms. The van der Waals surface area contributed by atoms with E-state index in [0.29, 0.717) is 7.14 Å². The third kappa shape index (κ3) is 4.64. The van der Waals surface area contributed by atoms with E-state index in [2.05, 4.69) is 0 Å². The third-order valence-corrected chi connectivity index (χ3v) is 4.32. The van der Waals surface area contributed by atoms with Crippen LogP contribution in [0.25, 0.3) is 0 Å². The number of hydrogen-bond acceptors (Lipinski definition) is 4. The number of hydrogen-bond donors (Lipinski definition) is 2. The molecule has 0 aliphatic rings. The maximum absolute atomic E-state index is 13.9. The number of ether oxygens (including phenoxy) is 1. The van der Waals surface area contributed by atoms with E-state index in [0.717, 1.165) is 0 Å². The molecule has 0 spiro atoms. The Labute approximate surface area is 158 Å². The second-order valence-electron chi connectivity index (χ2n) is 5.86. The van der Waals surface area contributed by atoms with Gasteiger partial charge in [-0.3, -0.25) is 0 Å². The number of carbonyl (C=O) groups excluding carboxylic acids is 1. The average molecular weight is 554 g/mol. The van der Waals surface area contributed by atoms with E-state index in [4.69, 9.17) is 9.84 Å². The third-order valence-electron chi connectivity index (χ3n) is 2.87. The summed E-state index contributed by atoms with van der Waals surface area (Å²) in [6.45, 7) is 4.00. The molecule has 0 aliphatic carbocycles. The maximum atomic E-state index is 13.9. The SMILES string of the molecule is CC(C)(C)C(OC(=O)c1cc(I)cc(I)c1O)C(F)(F)C(=O)O. The molecule has 0 saturated carbocycles. The number of aromatic hydroxyl groups is 1. The fourth-order valence-electron chi connectivity index (χ4n) is 1.80. The first-order chi connectivity index (χ1) is 10.3. The summed E-state index contributed by atoms with van der Waals surface area (Å²) < 4.78 is 33.5. The van der Waals surface area contributed by atoms with Crippen molar-refractivity contribution in [2.45, 2.75) is 32.8 Å². The highest BCUT2D eigenvalue weighted by molar-refractivity contribution is 14.1. The quantitative estimate of drug-likeness (QED) is 0.436. The van der Waals surface area contributed by atoms with Crippen LogP contribution in [-0.2, 0) is 9.53 Å². The molecule has 0 fully saturated rings. The van der Waals surface area contributed by atoms with E-state index < -0.39 is 35.1 Å². The molecule has 0 aliphatic heterocycles. The Morgan fingerprint density at radius 1 is 1.22 bits per heavy atom. The Balaban J connectivity index is 3.26. The van der Waals surface area contributed by atoms with E-state index in [1.165, 1.54) is 26.8 Å². The minimum atomic E-state index is -4.27. The van der Waals surface area contributed by atoms with Crippen LogP contribution in [0.1, 0.15) is 31.1 Å². The smallest absolute Gasteiger partial charge is 0.379 e. The number of benzene rings is 1. The molecule has 2 N–H and O–H groups in total. The molecule has 1 aromatic carbocycles. The number of phenols is 1. The van der Waals surface area contributed by atoms with Crippen molar-refractivity contribution in [1.29, 1.82) is 0 Å². The minimum absolute atomic E-state index is 0.295. The predicted molar refractivity (Wildman–Crippen MR) is 94.8 cm³/mol. The van der Waals surface area contributed by atoms with E-state index >= 15 is 0 Å². The summed E-state index contributed by atoms with van der Waals surface area (Å²) in [7, 11) is 0. The summed E-state index contributed by atoms with van der Waals surface area (Å²) in [4.78, 5) is 23.0. The number of rotatable bonds is 4. The Morgan fingerprint density at radius 2 is 1.74 bits per heavy atom. The zero-order valence-electron chi connectivity index (χ0n) is 12.4. The van der Waals surface area contributed by atoms with Crippen LogP contribution in [0.3, 0.4) is 0 Å². The highest BCUT2D eigenvalue weighted by atomic mass is 127. The summed E-state index contributed by atoms with van der Waals surface area (Å²) in [5.74, 6) is -8.26. The standard InChI is InChI=1S/C14H14F2I2O5/c1-13(2,3)11(14(15,16)12(21)22)23-10(20)7-4-6(17)5-8(18)9(7)19/h4-5,11,19H,1-3H3,(H,21,22). The van der Waals surface area contributed by atoms with Crippen LogP contribution in [0, 0.1) is 12.6 Å². The van der Waals surface area contributed by atoms with Gasteiger partial charge in [0.05, 0.1) is 3.57 Å². The van der Waals surface area contributed by atoms with Gasteiger partial charge in [0, 0.05) is 8.99 Å². The van der Waals surface area contributed by atoms with Crippen LogP contribution in [0.15, 0.2) is 12.1 Å². The van der Waals surface area contributed by atoms with Crippen molar-refractivity contribution >= 4 is 57.1 Å². The number of halogens is 4. The molecule has 0 saturated heterocycles. The topological polar surface area (TPSA) is 83.8 Å². The van der Waals surface area contributed by atoms with Gasteiger partial charge in [-0.1, -0.05) is 20.8 Å². The second-order valence-corrected chi connectivity index (χ2v) is 8.27. The van der Waals surface area contributed by atoms with Gasteiger partial charge < -0.3 is 14.9 Å². The van der Waals surface area contributed by atoms with Gasteiger partial charge in [-0.25, -0.2) is 9.59 Å². The first kappa shape index (κ1) is 20.3. The molecule has 0 aromatic heterocycles. The highest BCUT2D eigenvalue weighted by Gasteiger charge is 2.55. The number of alkyl halides is 2. The van der Waals surface area contributed by atoms with Gasteiger partial charge in [0.1, 0.15) is 11.3 Å². The van der Waals surface area contributed by atoms with E-state index in [-0.39, 0.29) is 5.56 Å². The van der Waals surface area contributed by atoms with Gasteiger partial charge in [-0.2, -0.15) is 8.78 Å². The summed E-state index contributed by atoms with van der Waals surface area (Å²) >= 11 is 3.67. The van der Waals surface area contributed by atoms with Crippen molar-refractivity contribution in [3.05, 3.63) is 24.8 Å². The zero-order valence-corrected chi connectivity index (χ0v) is 16.7. The highest BCUT2D eigenvalue weighted by Crippen LogP contribution is 2.37. The maximum Gasteiger partial charge on any atom is 0.379 e. The van der Waals surface area contributed by atoms with Crippen molar-refractivity contribution in [3.8, 4) is 5.75 Å². The van der Waals surface area contributed by atoms with Crippen LogP contribution in [0.5, 0.6) is 5.75 Å². The number of phenolic OH excluding ortho intramolecular Hbond substituents is 1.